The summed E-state index contributed by atoms with van der Waals surface area (Å²) < 4.78 is 0. The zero-order valence-electron chi connectivity index (χ0n) is 9.97. The molecule has 1 aliphatic rings. The molecule has 1 aliphatic carbocycles. The van der Waals surface area contributed by atoms with E-state index in [0.29, 0.717) is 16.5 Å². The molecule has 1 N–H and O–H groups in total. The molecule has 1 aromatic carbocycles. The van der Waals surface area contributed by atoms with Crippen LogP contribution in [0.5, 0.6) is 0 Å². The van der Waals surface area contributed by atoms with Crippen molar-refractivity contribution in [3.8, 4) is 0 Å². The van der Waals surface area contributed by atoms with E-state index in [0.717, 1.165) is 19.3 Å². The molecule has 1 amide bonds. The van der Waals surface area contributed by atoms with Crippen molar-refractivity contribution >= 4 is 23.7 Å². The van der Waals surface area contributed by atoms with Crippen LogP contribution < -0.4 is 5.43 Å². The van der Waals surface area contributed by atoms with Crippen molar-refractivity contribution in [2.45, 2.75) is 19.3 Å². The fraction of sp³-hybridized carbons (Fsp3) is 0.286. The average Bonchev–Trinajstić information content (AvgIpc) is 2.40. The molecule has 0 radical (unpaired) electrons. The van der Waals surface area contributed by atoms with Crippen LogP contribution in [0.2, 0.25) is 5.02 Å². The predicted molar refractivity (Wildman–Crippen MR) is 73.9 cm³/mol. The number of carbonyl (C=O) groups is 1. The van der Waals surface area contributed by atoms with Gasteiger partial charge in [0.25, 0.3) is 5.91 Å². The van der Waals surface area contributed by atoms with Gasteiger partial charge in [0.1, 0.15) is 0 Å². The number of nitrogens with zero attached hydrogens (tertiary/aromatic N) is 1. The fourth-order valence-corrected chi connectivity index (χ4v) is 2.04. The Labute approximate surface area is 112 Å². The number of benzene rings is 1. The van der Waals surface area contributed by atoms with E-state index in [1.165, 1.54) is 0 Å². The summed E-state index contributed by atoms with van der Waals surface area (Å²) in [5.74, 6) is 0.190. The van der Waals surface area contributed by atoms with Crippen LogP contribution in [0.3, 0.4) is 0 Å². The zero-order chi connectivity index (χ0) is 12.8. The highest BCUT2D eigenvalue weighted by atomic mass is 35.5. The molecule has 2 rings (SSSR count). The second kappa shape index (κ2) is 6.36. The Balaban J connectivity index is 1.88. The molecule has 0 aliphatic heterocycles. The van der Waals surface area contributed by atoms with Crippen LogP contribution in [0.25, 0.3) is 0 Å². The third-order valence-corrected chi connectivity index (χ3v) is 3.08. The Morgan fingerprint density at radius 3 is 3.06 bits per heavy atom. The van der Waals surface area contributed by atoms with E-state index in [1.54, 1.807) is 24.3 Å². The molecule has 18 heavy (non-hydrogen) atoms. The molecule has 0 heterocycles. The van der Waals surface area contributed by atoms with Crippen molar-refractivity contribution < 1.29 is 4.79 Å². The quantitative estimate of drug-likeness (QED) is 0.506. The van der Waals surface area contributed by atoms with E-state index < -0.39 is 0 Å². The molecular formula is C14H15ClN2O. The van der Waals surface area contributed by atoms with Crippen molar-refractivity contribution in [2.75, 3.05) is 0 Å². The molecule has 0 aromatic heterocycles. The minimum absolute atomic E-state index is 0.236. The van der Waals surface area contributed by atoms with Crippen molar-refractivity contribution in [1.29, 1.82) is 0 Å². The normalized spacial score (nSPS) is 19.1. The average molecular weight is 263 g/mol. The summed E-state index contributed by atoms with van der Waals surface area (Å²) in [5, 5.41) is 4.54. The minimum atomic E-state index is -0.236. The predicted octanol–water partition coefficient (Wildman–Crippen LogP) is 3.41. The first-order chi connectivity index (χ1) is 8.75. The second-order valence-corrected chi connectivity index (χ2v) is 4.71. The van der Waals surface area contributed by atoms with E-state index >= 15 is 0 Å². The van der Waals surface area contributed by atoms with Crippen LogP contribution in [-0.2, 0) is 0 Å². The van der Waals surface area contributed by atoms with E-state index in [-0.39, 0.29) is 5.91 Å². The number of halogens is 1. The molecule has 0 saturated carbocycles. The fourth-order valence-electron chi connectivity index (χ4n) is 1.85. The standard InChI is InChI=1S/C14H15ClN2O/c15-13-8-4-7-12(9-13)14(18)17-16-10-11-5-2-1-3-6-11/h1-2,4,7-11H,3,5-6H2,(H,17,18)/b16-10-/t11-/m1/s1. The van der Waals surface area contributed by atoms with Gasteiger partial charge in [0, 0.05) is 16.8 Å². The van der Waals surface area contributed by atoms with Gasteiger partial charge in [-0.15, -0.1) is 0 Å². The van der Waals surface area contributed by atoms with Crippen molar-refractivity contribution in [1.82, 2.24) is 5.43 Å². The summed E-state index contributed by atoms with van der Waals surface area (Å²) in [5.41, 5.74) is 3.04. The van der Waals surface area contributed by atoms with E-state index in [9.17, 15) is 4.79 Å². The molecule has 1 atom stereocenters. The summed E-state index contributed by atoms with van der Waals surface area (Å²) >= 11 is 5.82. The lowest BCUT2D eigenvalue weighted by molar-refractivity contribution is 0.0955. The SMILES string of the molecule is O=C(N/N=C\[C@@H]1CC=CCC1)c1cccc(Cl)c1. The number of hydrazone groups is 1. The molecule has 0 unspecified atom stereocenters. The van der Waals surface area contributed by atoms with Crippen molar-refractivity contribution in [2.24, 2.45) is 11.0 Å². The number of carbonyl (C=O) groups excluding carboxylic acids is 1. The highest BCUT2D eigenvalue weighted by Gasteiger charge is 2.07. The number of amides is 1. The molecule has 0 bridgehead atoms. The number of hydrogen-bond acceptors (Lipinski definition) is 2. The van der Waals surface area contributed by atoms with Crippen LogP contribution in [-0.4, -0.2) is 12.1 Å². The summed E-state index contributed by atoms with van der Waals surface area (Å²) in [6, 6.07) is 6.80. The summed E-state index contributed by atoms with van der Waals surface area (Å²) in [7, 11) is 0. The lowest BCUT2D eigenvalue weighted by Crippen LogP contribution is -2.18. The summed E-state index contributed by atoms with van der Waals surface area (Å²) in [4.78, 5) is 11.7. The Morgan fingerprint density at radius 2 is 2.33 bits per heavy atom. The number of hydrogen-bond donors (Lipinski definition) is 1. The first-order valence-corrected chi connectivity index (χ1v) is 6.37. The van der Waals surface area contributed by atoms with Gasteiger partial charge in [-0.1, -0.05) is 29.8 Å². The molecule has 94 valence electrons. The molecule has 0 fully saturated rings. The second-order valence-electron chi connectivity index (χ2n) is 4.27. The van der Waals surface area contributed by atoms with Gasteiger partial charge in [-0.05, 0) is 43.4 Å². The third kappa shape index (κ3) is 3.70. The van der Waals surface area contributed by atoms with Crippen LogP contribution in [0.15, 0.2) is 41.5 Å². The van der Waals surface area contributed by atoms with Crippen LogP contribution in [0.4, 0.5) is 0 Å². The largest absolute Gasteiger partial charge is 0.271 e. The van der Waals surface area contributed by atoms with Crippen molar-refractivity contribution in [3.05, 3.63) is 47.0 Å². The van der Waals surface area contributed by atoms with Gasteiger partial charge in [-0.3, -0.25) is 4.79 Å². The molecule has 0 spiro atoms. The van der Waals surface area contributed by atoms with Gasteiger partial charge in [0.15, 0.2) is 0 Å². The monoisotopic (exact) mass is 262 g/mol. The molecule has 0 saturated heterocycles. The molecule has 4 heteroatoms. The smallest absolute Gasteiger partial charge is 0.267 e. The Hall–Kier alpha value is -1.61. The Bertz CT molecular complexity index is 482. The topological polar surface area (TPSA) is 41.5 Å². The molecule has 3 nitrogen and oxygen atoms in total. The highest BCUT2D eigenvalue weighted by molar-refractivity contribution is 6.30. The van der Waals surface area contributed by atoms with Gasteiger partial charge >= 0.3 is 0 Å². The van der Waals surface area contributed by atoms with Crippen LogP contribution in [0.1, 0.15) is 29.6 Å². The van der Waals surface area contributed by atoms with Gasteiger partial charge in [0.05, 0.1) is 0 Å². The third-order valence-electron chi connectivity index (χ3n) is 2.85. The van der Waals surface area contributed by atoms with Gasteiger partial charge in [-0.2, -0.15) is 5.10 Å². The van der Waals surface area contributed by atoms with E-state index in [2.05, 4.69) is 22.7 Å². The zero-order valence-corrected chi connectivity index (χ0v) is 10.7. The summed E-state index contributed by atoms with van der Waals surface area (Å²) in [6.45, 7) is 0. The molecular weight excluding hydrogens is 248 g/mol. The lowest BCUT2D eigenvalue weighted by Gasteiger charge is -2.11. The van der Waals surface area contributed by atoms with Crippen LogP contribution in [0, 0.1) is 5.92 Å². The first kappa shape index (κ1) is 12.8. The number of nitrogens with one attached hydrogen (secondary N) is 1. The maximum absolute atomic E-state index is 11.7. The maximum atomic E-state index is 11.7. The van der Waals surface area contributed by atoms with Gasteiger partial charge < -0.3 is 0 Å². The maximum Gasteiger partial charge on any atom is 0.271 e. The van der Waals surface area contributed by atoms with E-state index in [4.69, 9.17) is 11.6 Å². The first-order valence-electron chi connectivity index (χ1n) is 6.00. The number of rotatable bonds is 3. The van der Waals surface area contributed by atoms with Crippen LogP contribution >= 0.6 is 11.6 Å². The van der Waals surface area contributed by atoms with E-state index in [1.807, 2.05) is 6.21 Å². The number of allylic oxidation sites excluding steroid dienone is 2. The van der Waals surface area contributed by atoms with Gasteiger partial charge in [0.2, 0.25) is 0 Å². The Morgan fingerprint density at radius 1 is 1.44 bits per heavy atom. The molecule has 1 aromatic rings. The minimum Gasteiger partial charge on any atom is -0.267 e. The van der Waals surface area contributed by atoms with Crippen molar-refractivity contribution in [3.63, 3.8) is 0 Å². The highest BCUT2D eigenvalue weighted by Crippen LogP contribution is 2.15. The lowest BCUT2D eigenvalue weighted by atomic mass is 9.96. The summed E-state index contributed by atoms with van der Waals surface area (Å²) in [6.07, 6.45) is 9.31. The van der Waals surface area contributed by atoms with Gasteiger partial charge in [-0.25, -0.2) is 5.43 Å². The Kier molecular flexibility index (Phi) is 4.53.